The molecular formula is C27H31N5O3. The summed E-state index contributed by atoms with van der Waals surface area (Å²) < 4.78 is 5.70. The van der Waals surface area contributed by atoms with Crippen LogP contribution in [0.1, 0.15) is 48.6 Å². The minimum Gasteiger partial charge on any atom is -0.459 e. The Bertz CT molecular complexity index is 1360. The summed E-state index contributed by atoms with van der Waals surface area (Å²) in [5.41, 5.74) is 3.26. The topological polar surface area (TPSA) is 104 Å². The van der Waals surface area contributed by atoms with E-state index in [9.17, 15) is 9.59 Å². The van der Waals surface area contributed by atoms with Gasteiger partial charge in [0.15, 0.2) is 5.58 Å². The number of furan rings is 1. The lowest BCUT2D eigenvalue weighted by molar-refractivity contribution is -0.120. The van der Waals surface area contributed by atoms with Gasteiger partial charge >= 0.3 is 0 Å². The number of rotatable bonds is 9. The first-order valence-corrected chi connectivity index (χ1v) is 12.2. The fourth-order valence-corrected chi connectivity index (χ4v) is 4.86. The van der Waals surface area contributed by atoms with Crippen LogP contribution in [0.25, 0.3) is 22.0 Å². The van der Waals surface area contributed by atoms with Crippen LogP contribution in [0.3, 0.4) is 0 Å². The number of aromatic amines is 1. The van der Waals surface area contributed by atoms with Gasteiger partial charge in [-0.3, -0.25) is 14.6 Å². The maximum Gasteiger partial charge on any atom is 0.253 e. The summed E-state index contributed by atoms with van der Waals surface area (Å²) in [5, 5.41) is 4.01. The van der Waals surface area contributed by atoms with E-state index in [1.54, 1.807) is 12.4 Å². The molecule has 2 amide bonds. The fourth-order valence-electron chi connectivity index (χ4n) is 4.86. The van der Waals surface area contributed by atoms with Gasteiger partial charge < -0.3 is 19.6 Å². The molecule has 0 aliphatic heterocycles. The van der Waals surface area contributed by atoms with E-state index in [0.29, 0.717) is 42.5 Å². The van der Waals surface area contributed by atoms with Crippen LogP contribution in [-0.2, 0) is 11.2 Å². The van der Waals surface area contributed by atoms with E-state index in [0.717, 1.165) is 35.1 Å². The lowest BCUT2D eigenvalue weighted by Crippen LogP contribution is -2.33. The van der Waals surface area contributed by atoms with E-state index >= 15 is 0 Å². The molecule has 8 heteroatoms. The van der Waals surface area contributed by atoms with Crippen molar-refractivity contribution in [3.05, 3.63) is 59.9 Å². The molecule has 3 aromatic heterocycles. The second kappa shape index (κ2) is 9.17. The third-order valence-electron chi connectivity index (χ3n) is 7.26. The lowest BCUT2D eigenvalue weighted by atomic mass is 10.0. The largest absolute Gasteiger partial charge is 0.459 e. The van der Waals surface area contributed by atoms with Crippen LogP contribution in [0.4, 0.5) is 0 Å². The predicted molar refractivity (Wildman–Crippen MR) is 134 cm³/mol. The molecule has 0 spiro atoms. The summed E-state index contributed by atoms with van der Waals surface area (Å²) in [7, 11) is 0. The third-order valence-corrected chi connectivity index (χ3v) is 7.26. The maximum absolute atomic E-state index is 13.1. The molecule has 2 unspecified atom stereocenters. The van der Waals surface area contributed by atoms with Crippen molar-refractivity contribution in [3.63, 3.8) is 0 Å². The molecule has 182 valence electrons. The monoisotopic (exact) mass is 473 g/mol. The standard InChI is InChI=1S/C27H31N5O3/c1-4-32(26(34)19-5-6-22-23(12-19)31-17(2)30-22)10-8-27(3)14-20(27)15-29-25(33)13-21-11-18-7-9-28-16-24(18)35-21/h5-7,9,11-12,16,20H,4,8,10,13-15H2,1-3H3,(H,29,33)(H,30,31). The number of carbonyl (C=O) groups is 2. The van der Waals surface area contributed by atoms with E-state index in [4.69, 9.17) is 4.42 Å². The van der Waals surface area contributed by atoms with Crippen molar-refractivity contribution in [2.75, 3.05) is 19.6 Å². The van der Waals surface area contributed by atoms with Crippen molar-refractivity contribution >= 4 is 33.8 Å². The minimum atomic E-state index is -0.0407. The van der Waals surface area contributed by atoms with Crippen molar-refractivity contribution in [2.45, 2.75) is 40.0 Å². The van der Waals surface area contributed by atoms with Crippen LogP contribution in [0.15, 0.2) is 47.1 Å². The van der Waals surface area contributed by atoms with Gasteiger partial charge in [0.2, 0.25) is 5.91 Å². The molecule has 1 fully saturated rings. The van der Waals surface area contributed by atoms with Crippen LogP contribution < -0.4 is 5.32 Å². The predicted octanol–water partition coefficient (Wildman–Crippen LogP) is 4.25. The number of H-pyrrole nitrogens is 1. The van der Waals surface area contributed by atoms with Gasteiger partial charge in [0.1, 0.15) is 11.6 Å². The van der Waals surface area contributed by atoms with E-state index in [1.165, 1.54) is 0 Å². The van der Waals surface area contributed by atoms with Gasteiger partial charge in [-0.1, -0.05) is 6.92 Å². The number of nitrogens with one attached hydrogen (secondary N) is 2. The van der Waals surface area contributed by atoms with E-state index in [2.05, 4.69) is 27.2 Å². The Morgan fingerprint density at radius 3 is 2.94 bits per heavy atom. The first kappa shape index (κ1) is 23.1. The molecule has 1 saturated carbocycles. The zero-order chi connectivity index (χ0) is 24.6. The van der Waals surface area contributed by atoms with Crippen molar-refractivity contribution in [2.24, 2.45) is 11.3 Å². The van der Waals surface area contributed by atoms with Crippen LogP contribution in [0.5, 0.6) is 0 Å². The van der Waals surface area contributed by atoms with Gasteiger partial charge in [-0.2, -0.15) is 0 Å². The highest BCUT2D eigenvalue weighted by Gasteiger charge is 2.49. The lowest BCUT2D eigenvalue weighted by Gasteiger charge is -2.23. The molecule has 1 aromatic carbocycles. The quantitative estimate of drug-likeness (QED) is 0.378. The van der Waals surface area contributed by atoms with Crippen LogP contribution in [0.2, 0.25) is 0 Å². The number of amides is 2. The molecule has 0 radical (unpaired) electrons. The number of fused-ring (bicyclic) bond motifs is 2. The fraction of sp³-hybridized carbons (Fsp3) is 0.407. The number of pyridine rings is 1. The van der Waals surface area contributed by atoms with Gasteiger partial charge in [0.05, 0.1) is 23.7 Å². The number of hydrogen-bond donors (Lipinski definition) is 2. The van der Waals surface area contributed by atoms with Crippen molar-refractivity contribution in [1.82, 2.24) is 25.2 Å². The zero-order valence-corrected chi connectivity index (χ0v) is 20.4. The van der Waals surface area contributed by atoms with Gasteiger partial charge in [0.25, 0.3) is 5.91 Å². The molecule has 5 rings (SSSR count). The summed E-state index contributed by atoms with van der Waals surface area (Å²) in [5.74, 6) is 1.90. The SMILES string of the molecule is CCN(CCC1(C)CC1CNC(=O)Cc1cc2ccncc2o1)C(=O)c1ccc2nc(C)[nH]c2c1. The Balaban J connectivity index is 1.11. The number of imidazole rings is 1. The van der Waals surface area contributed by atoms with Crippen LogP contribution in [0, 0.1) is 18.3 Å². The summed E-state index contributed by atoms with van der Waals surface area (Å²) in [6.07, 6.45) is 5.55. The average molecular weight is 474 g/mol. The third kappa shape index (κ3) is 4.92. The second-order valence-electron chi connectivity index (χ2n) is 9.85. The smallest absolute Gasteiger partial charge is 0.253 e. The van der Waals surface area contributed by atoms with Crippen LogP contribution in [-0.4, -0.2) is 51.3 Å². The van der Waals surface area contributed by atoms with Gasteiger partial charge in [-0.05, 0) is 68.4 Å². The van der Waals surface area contributed by atoms with Crippen molar-refractivity contribution in [3.8, 4) is 0 Å². The summed E-state index contributed by atoms with van der Waals surface area (Å²) in [6, 6.07) is 9.39. The molecule has 0 bridgehead atoms. The molecule has 1 aliphatic rings. The van der Waals surface area contributed by atoms with Crippen molar-refractivity contribution in [1.29, 1.82) is 0 Å². The molecular weight excluding hydrogens is 442 g/mol. The van der Waals surface area contributed by atoms with Crippen molar-refractivity contribution < 1.29 is 14.0 Å². The molecule has 8 nitrogen and oxygen atoms in total. The summed E-state index contributed by atoms with van der Waals surface area (Å²) in [4.78, 5) is 39.1. The highest BCUT2D eigenvalue weighted by molar-refractivity contribution is 5.97. The average Bonchev–Trinajstić information content (AvgIpc) is 3.14. The van der Waals surface area contributed by atoms with E-state index < -0.39 is 0 Å². The number of hydrogen-bond acceptors (Lipinski definition) is 5. The highest BCUT2D eigenvalue weighted by Crippen LogP contribution is 2.54. The first-order chi connectivity index (χ1) is 16.8. The van der Waals surface area contributed by atoms with Crippen LogP contribution >= 0.6 is 0 Å². The maximum atomic E-state index is 13.1. The molecule has 2 atom stereocenters. The molecule has 3 heterocycles. The summed E-state index contributed by atoms with van der Waals surface area (Å²) in [6.45, 7) is 8.16. The second-order valence-corrected chi connectivity index (χ2v) is 9.85. The number of carbonyl (C=O) groups excluding carboxylic acids is 2. The Labute approximate surface area is 204 Å². The Morgan fingerprint density at radius 1 is 1.29 bits per heavy atom. The van der Waals surface area contributed by atoms with E-state index in [1.807, 2.05) is 49.1 Å². The molecule has 4 aromatic rings. The molecule has 0 saturated heterocycles. The Kier molecular flexibility index (Phi) is 6.05. The number of nitrogens with zero attached hydrogens (tertiary/aromatic N) is 3. The molecule has 1 aliphatic carbocycles. The Morgan fingerprint density at radius 2 is 2.14 bits per heavy atom. The van der Waals surface area contributed by atoms with Gasteiger partial charge in [0, 0.05) is 36.8 Å². The van der Waals surface area contributed by atoms with Gasteiger partial charge in [-0.25, -0.2) is 4.98 Å². The number of aromatic nitrogens is 3. The first-order valence-electron chi connectivity index (χ1n) is 12.2. The Hall–Kier alpha value is -3.68. The zero-order valence-electron chi connectivity index (χ0n) is 20.4. The molecule has 2 N–H and O–H groups in total. The van der Waals surface area contributed by atoms with E-state index in [-0.39, 0.29) is 23.7 Å². The van der Waals surface area contributed by atoms with Gasteiger partial charge in [-0.15, -0.1) is 0 Å². The molecule has 35 heavy (non-hydrogen) atoms. The summed E-state index contributed by atoms with van der Waals surface area (Å²) >= 11 is 0. The highest BCUT2D eigenvalue weighted by atomic mass is 16.3. The normalized spacial score (nSPS) is 19.2. The number of benzene rings is 1. The minimum absolute atomic E-state index is 0.0387. The number of aryl methyl sites for hydroxylation is 1.